The van der Waals surface area contributed by atoms with Crippen LogP contribution in [0.4, 0.5) is 0 Å². The molecule has 0 radical (unpaired) electrons. The predicted molar refractivity (Wildman–Crippen MR) is 192 cm³/mol. The number of phosphoric acid groups is 1. The summed E-state index contributed by atoms with van der Waals surface area (Å²) >= 11 is 0. The molecule has 1 N–H and O–H groups in total. The molecule has 0 heterocycles. The lowest BCUT2D eigenvalue weighted by Crippen LogP contribution is -2.37. The lowest BCUT2D eigenvalue weighted by atomic mass is 10.1. The van der Waals surface area contributed by atoms with E-state index in [4.69, 9.17) is 18.5 Å². The van der Waals surface area contributed by atoms with Crippen molar-refractivity contribution < 1.29 is 42.1 Å². The van der Waals surface area contributed by atoms with E-state index in [0.717, 1.165) is 77.0 Å². The van der Waals surface area contributed by atoms with Gasteiger partial charge in [-0.15, -0.1) is 0 Å². The Morgan fingerprint density at radius 2 is 1.11 bits per heavy atom. The van der Waals surface area contributed by atoms with Crippen LogP contribution in [0.25, 0.3) is 0 Å². The zero-order chi connectivity index (χ0) is 35.1. The molecule has 276 valence electrons. The average molecular weight is 689 g/mol. The van der Waals surface area contributed by atoms with Crippen LogP contribution in [-0.2, 0) is 32.7 Å². The van der Waals surface area contributed by atoms with Crippen molar-refractivity contribution in [2.75, 3.05) is 47.5 Å². The fourth-order valence-corrected chi connectivity index (χ4v) is 5.43. The summed E-state index contributed by atoms with van der Waals surface area (Å²) in [6, 6.07) is 0. The molecule has 9 nitrogen and oxygen atoms in total. The van der Waals surface area contributed by atoms with E-state index in [2.05, 4.69) is 38.2 Å². The van der Waals surface area contributed by atoms with Gasteiger partial charge >= 0.3 is 19.8 Å². The first-order valence-electron chi connectivity index (χ1n) is 18.6. The molecular formula is C37H71NO8P+. The van der Waals surface area contributed by atoms with E-state index in [1.807, 2.05) is 21.1 Å². The summed E-state index contributed by atoms with van der Waals surface area (Å²) in [4.78, 5) is 35.1. The molecule has 0 aromatic rings. The third-order valence-electron chi connectivity index (χ3n) is 7.70. The van der Waals surface area contributed by atoms with Crippen LogP contribution in [0.15, 0.2) is 24.3 Å². The summed E-state index contributed by atoms with van der Waals surface area (Å²) in [6.07, 6.45) is 29.4. The zero-order valence-corrected chi connectivity index (χ0v) is 31.7. The van der Waals surface area contributed by atoms with Gasteiger partial charge in [-0.25, -0.2) is 4.57 Å². The molecule has 1 unspecified atom stereocenters. The molecule has 0 rings (SSSR count). The van der Waals surface area contributed by atoms with Crippen molar-refractivity contribution in [3.8, 4) is 0 Å². The maximum absolute atomic E-state index is 12.6. The second-order valence-electron chi connectivity index (χ2n) is 13.6. The minimum Gasteiger partial charge on any atom is -0.462 e. The Labute approximate surface area is 288 Å². The minimum absolute atomic E-state index is 0.0294. The van der Waals surface area contributed by atoms with Gasteiger partial charge in [-0.2, -0.15) is 0 Å². The second-order valence-corrected chi connectivity index (χ2v) is 15.1. The van der Waals surface area contributed by atoms with Crippen molar-refractivity contribution in [2.24, 2.45) is 0 Å². The summed E-state index contributed by atoms with van der Waals surface area (Å²) in [5, 5.41) is 0. The first kappa shape index (κ1) is 45.5. The van der Waals surface area contributed by atoms with Gasteiger partial charge in [-0.05, 0) is 57.8 Å². The maximum Gasteiger partial charge on any atom is 0.472 e. The van der Waals surface area contributed by atoms with E-state index in [9.17, 15) is 19.0 Å². The van der Waals surface area contributed by atoms with Crippen LogP contribution in [-0.4, -0.2) is 74.9 Å². The molecule has 0 amide bonds. The summed E-state index contributed by atoms with van der Waals surface area (Å²) in [6.45, 7) is 4.31. The van der Waals surface area contributed by atoms with Gasteiger partial charge in [0.1, 0.15) is 19.8 Å². The molecule has 47 heavy (non-hydrogen) atoms. The summed E-state index contributed by atoms with van der Waals surface area (Å²) in [5.74, 6) is -0.823. The molecule has 0 aromatic heterocycles. The summed E-state index contributed by atoms with van der Waals surface area (Å²) < 4.78 is 34.1. The molecule has 0 saturated carbocycles. The number of nitrogens with zero attached hydrogens (tertiary/aromatic N) is 1. The number of unbranched alkanes of at least 4 members (excludes halogenated alkanes) is 15. The third kappa shape index (κ3) is 34.2. The number of ether oxygens (including phenoxy) is 2. The Bertz CT molecular complexity index is 871. The van der Waals surface area contributed by atoms with E-state index >= 15 is 0 Å². The largest absolute Gasteiger partial charge is 0.472 e. The molecule has 0 aliphatic carbocycles. The van der Waals surface area contributed by atoms with Crippen molar-refractivity contribution in [1.82, 2.24) is 0 Å². The number of rotatable bonds is 33. The highest BCUT2D eigenvalue weighted by atomic mass is 31.2. The molecule has 0 aliphatic rings. The smallest absolute Gasteiger partial charge is 0.462 e. The molecule has 0 saturated heterocycles. The standard InChI is InChI=1S/C37H70NO8P/c1-6-8-10-12-14-16-18-20-22-24-26-28-30-37(40)46-35(34-45-47(41,42)44-32-31-38(3,4)5)33-43-36(39)29-27-25-23-21-19-17-15-13-11-9-7-2/h13-16,35H,6-12,17-34H2,1-5H3/p+1/b15-13-,16-14-/t35-/m1/s1. The van der Waals surface area contributed by atoms with Crippen molar-refractivity contribution in [2.45, 2.75) is 155 Å². The molecule has 0 aromatic carbocycles. The van der Waals surface area contributed by atoms with Crippen molar-refractivity contribution in [3.05, 3.63) is 24.3 Å². The lowest BCUT2D eigenvalue weighted by molar-refractivity contribution is -0.870. The van der Waals surface area contributed by atoms with E-state index in [1.54, 1.807) is 0 Å². The van der Waals surface area contributed by atoms with Crippen LogP contribution in [0, 0.1) is 0 Å². The van der Waals surface area contributed by atoms with Gasteiger partial charge in [0.25, 0.3) is 0 Å². The van der Waals surface area contributed by atoms with Crippen LogP contribution < -0.4 is 0 Å². The molecule has 0 aliphatic heterocycles. The summed E-state index contributed by atoms with van der Waals surface area (Å²) in [5.41, 5.74) is 0. The van der Waals surface area contributed by atoms with E-state index in [-0.39, 0.29) is 32.0 Å². The number of phosphoric ester groups is 1. The van der Waals surface area contributed by atoms with Crippen LogP contribution in [0.2, 0.25) is 0 Å². The van der Waals surface area contributed by atoms with Crippen LogP contribution in [0.3, 0.4) is 0 Å². The molecule has 0 spiro atoms. The van der Waals surface area contributed by atoms with Gasteiger partial charge in [0, 0.05) is 12.8 Å². The van der Waals surface area contributed by atoms with Gasteiger partial charge in [0.2, 0.25) is 0 Å². The van der Waals surface area contributed by atoms with Gasteiger partial charge < -0.3 is 18.9 Å². The number of hydrogen-bond donors (Lipinski definition) is 1. The monoisotopic (exact) mass is 688 g/mol. The highest BCUT2D eigenvalue weighted by Gasteiger charge is 2.27. The van der Waals surface area contributed by atoms with Gasteiger partial charge in [0.15, 0.2) is 6.10 Å². The molecule has 2 atom stereocenters. The van der Waals surface area contributed by atoms with E-state index < -0.39 is 26.5 Å². The van der Waals surface area contributed by atoms with Crippen LogP contribution in [0.1, 0.15) is 149 Å². The molecule has 10 heteroatoms. The Balaban J connectivity index is 4.49. The average Bonchev–Trinajstić information content (AvgIpc) is 3.01. The quantitative estimate of drug-likeness (QED) is 0.0239. The van der Waals surface area contributed by atoms with Crippen molar-refractivity contribution >= 4 is 19.8 Å². The lowest BCUT2D eigenvalue weighted by Gasteiger charge is -2.24. The fraction of sp³-hybridized carbons (Fsp3) is 0.838. The Hall–Kier alpha value is -1.51. The predicted octanol–water partition coefficient (Wildman–Crippen LogP) is 9.63. The third-order valence-corrected chi connectivity index (χ3v) is 8.69. The number of carbonyl (C=O) groups excluding carboxylic acids is 2. The Morgan fingerprint density at radius 3 is 1.64 bits per heavy atom. The number of likely N-dealkylation sites (N-methyl/N-ethyl adjacent to an activating group) is 1. The van der Waals surface area contributed by atoms with Gasteiger partial charge in [-0.3, -0.25) is 18.6 Å². The number of esters is 2. The van der Waals surface area contributed by atoms with Crippen molar-refractivity contribution in [3.63, 3.8) is 0 Å². The number of quaternary nitrogens is 1. The first-order valence-corrected chi connectivity index (χ1v) is 20.1. The Morgan fingerprint density at radius 1 is 0.638 bits per heavy atom. The zero-order valence-electron chi connectivity index (χ0n) is 30.8. The Kier molecular flexibility index (Phi) is 29.6. The van der Waals surface area contributed by atoms with Gasteiger partial charge in [-0.1, -0.05) is 102 Å². The topological polar surface area (TPSA) is 108 Å². The highest BCUT2D eigenvalue weighted by molar-refractivity contribution is 7.47. The fourth-order valence-electron chi connectivity index (χ4n) is 4.69. The number of carbonyl (C=O) groups is 2. The van der Waals surface area contributed by atoms with Gasteiger partial charge in [0.05, 0.1) is 27.7 Å². The minimum atomic E-state index is -4.36. The molecular weight excluding hydrogens is 617 g/mol. The maximum atomic E-state index is 12.6. The van der Waals surface area contributed by atoms with E-state index in [0.29, 0.717) is 17.4 Å². The number of allylic oxidation sites excluding steroid dienone is 4. The highest BCUT2D eigenvalue weighted by Crippen LogP contribution is 2.43. The summed E-state index contributed by atoms with van der Waals surface area (Å²) in [7, 11) is 1.46. The van der Waals surface area contributed by atoms with Crippen molar-refractivity contribution in [1.29, 1.82) is 0 Å². The second kappa shape index (κ2) is 30.5. The van der Waals surface area contributed by atoms with E-state index in [1.165, 1.54) is 38.5 Å². The SMILES string of the molecule is CCCC/C=C\CCCCCCCC(=O)OC[C@H](COP(=O)(O)OCC[N+](C)(C)C)OC(=O)CCCCCCC/C=C\CCCCC. The van der Waals surface area contributed by atoms with Crippen LogP contribution in [0.5, 0.6) is 0 Å². The number of hydrogen-bond acceptors (Lipinski definition) is 7. The molecule has 0 fully saturated rings. The first-order chi connectivity index (χ1) is 22.5. The molecule has 0 bridgehead atoms. The van der Waals surface area contributed by atoms with Crippen LogP contribution >= 0.6 is 7.82 Å². The normalized spacial score (nSPS) is 14.1.